The molecule has 0 fully saturated rings. The molecule has 0 saturated carbocycles. The minimum absolute atomic E-state index is 0.0412. The van der Waals surface area contributed by atoms with Gasteiger partial charge in [0, 0.05) is 11.0 Å². The lowest BCUT2D eigenvalue weighted by atomic mass is 10.1. The predicted octanol–water partition coefficient (Wildman–Crippen LogP) is 2.61. The van der Waals surface area contributed by atoms with Gasteiger partial charge in [-0.15, -0.1) is 11.3 Å². The van der Waals surface area contributed by atoms with Crippen molar-refractivity contribution in [3.8, 4) is 5.75 Å². The second-order valence-electron chi connectivity index (χ2n) is 4.08. The van der Waals surface area contributed by atoms with Crippen molar-refractivity contribution in [2.45, 2.75) is 4.21 Å². The third-order valence-electron chi connectivity index (χ3n) is 2.65. The molecule has 2 aromatic rings. The first kappa shape index (κ1) is 15.4. The summed E-state index contributed by atoms with van der Waals surface area (Å²) in [7, 11) is -2.62. The molecule has 0 amide bonds. The molecular formula is C14H13O5S2+. The Morgan fingerprint density at radius 2 is 1.90 bits per heavy atom. The van der Waals surface area contributed by atoms with Crippen LogP contribution in [0.5, 0.6) is 5.75 Å². The van der Waals surface area contributed by atoms with E-state index in [2.05, 4.69) is 0 Å². The van der Waals surface area contributed by atoms with Crippen LogP contribution in [-0.4, -0.2) is 30.7 Å². The Labute approximate surface area is 126 Å². The van der Waals surface area contributed by atoms with Gasteiger partial charge >= 0.3 is 15.9 Å². The monoisotopic (exact) mass is 325 g/mol. The van der Waals surface area contributed by atoms with Crippen LogP contribution >= 0.6 is 11.3 Å². The topological polar surface area (TPSA) is 85.0 Å². The van der Waals surface area contributed by atoms with E-state index < -0.39 is 10.1 Å². The summed E-state index contributed by atoms with van der Waals surface area (Å²) in [5.41, 5.74) is 0.610. The summed E-state index contributed by atoms with van der Waals surface area (Å²) in [6.45, 7) is 0. The molecule has 0 aliphatic carbocycles. The lowest BCUT2D eigenvalue weighted by Gasteiger charge is -1.97. The van der Waals surface area contributed by atoms with Gasteiger partial charge in [0.15, 0.2) is 0 Å². The van der Waals surface area contributed by atoms with Crippen molar-refractivity contribution in [1.29, 1.82) is 0 Å². The van der Waals surface area contributed by atoms with Gasteiger partial charge in [-0.1, -0.05) is 0 Å². The third kappa shape index (κ3) is 4.01. The molecule has 0 atom stereocenters. The van der Waals surface area contributed by atoms with Gasteiger partial charge < -0.3 is 4.74 Å². The minimum atomic E-state index is -4.18. The molecule has 2 N–H and O–H groups in total. The maximum Gasteiger partial charge on any atom is 0.347 e. The van der Waals surface area contributed by atoms with Crippen LogP contribution in [0.15, 0.2) is 46.7 Å². The van der Waals surface area contributed by atoms with Gasteiger partial charge in [-0.05, 0) is 42.5 Å². The van der Waals surface area contributed by atoms with Gasteiger partial charge in [0.2, 0.25) is 0 Å². The number of benzene rings is 1. The fourth-order valence-corrected chi connectivity index (χ4v) is 3.17. The SMILES string of the molecule is COc1ccc(C(=[OH+])/C=C/c2ccc(S(=O)(=O)O)s2)cc1. The fraction of sp³-hybridized carbons (Fsp3) is 0.0714. The van der Waals surface area contributed by atoms with Gasteiger partial charge in [-0.2, -0.15) is 8.42 Å². The summed E-state index contributed by atoms with van der Waals surface area (Å²) in [5.74, 6) is 0.728. The van der Waals surface area contributed by atoms with Gasteiger partial charge in [0.05, 0.1) is 12.7 Å². The molecule has 0 aliphatic heterocycles. The fourth-order valence-electron chi connectivity index (χ4n) is 1.58. The van der Waals surface area contributed by atoms with E-state index in [1.54, 1.807) is 43.5 Å². The van der Waals surface area contributed by atoms with Crippen LogP contribution < -0.4 is 4.74 Å². The first-order chi connectivity index (χ1) is 9.90. The molecule has 0 unspecified atom stereocenters. The number of carbonyl (C=O) groups excluding carboxylic acids is 1. The Hall–Kier alpha value is -1.96. The zero-order chi connectivity index (χ0) is 15.5. The lowest BCUT2D eigenvalue weighted by Crippen LogP contribution is -1.95. The first-order valence-corrected chi connectivity index (χ1v) is 8.11. The van der Waals surface area contributed by atoms with Crippen molar-refractivity contribution in [2.24, 2.45) is 0 Å². The average molecular weight is 325 g/mol. The van der Waals surface area contributed by atoms with Crippen LogP contribution in [0, 0.1) is 0 Å². The molecule has 0 aliphatic rings. The summed E-state index contributed by atoms with van der Waals surface area (Å²) in [5, 5.41) is 0. The number of methoxy groups -OCH3 is 1. The Morgan fingerprint density at radius 3 is 2.43 bits per heavy atom. The van der Waals surface area contributed by atoms with E-state index in [9.17, 15) is 13.2 Å². The molecule has 5 nitrogen and oxygen atoms in total. The third-order valence-corrected chi connectivity index (χ3v) is 5.02. The molecule has 110 valence electrons. The van der Waals surface area contributed by atoms with Crippen molar-refractivity contribution in [1.82, 2.24) is 0 Å². The maximum atomic E-state index is 10.9. The standard InChI is InChI=1S/C14H12O5S2/c1-19-11-4-2-10(3-5-11)13(15)8-6-12-7-9-14(20-12)21(16,17)18/h2-9H,1H3,(H,16,17,18)/p+1/b8-6+. The molecule has 21 heavy (non-hydrogen) atoms. The van der Waals surface area contributed by atoms with Crippen molar-refractivity contribution in [3.63, 3.8) is 0 Å². The van der Waals surface area contributed by atoms with E-state index >= 15 is 0 Å². The number of ketones is 1. The summed E-state index contributed by atoms with van der Waals surface area (Å²) >= 11 is 0.914. The van der Waals surface area contributed by atoms with Gasteiger partial charge in [-0.3, -0.25) is 9.35 Å². The lowest BCUT2D eigenvalue weighted by molar-refractivity contribution is 0.415. The Kier molecular flexibility index (Phi) is 4.56. The molecule has 1 aromatic heterocycles. The zero-order valence-corrected chi connectivity index (χ0v) is 12.7. The Morgan fingerprint density at radius 1 is 1.24 bits per heavy atom. The highest BCUT2D eigenvalue weighted by Crippen LogP contribution is 2.22. The normalized spacial score (nSPS) is 11.7. The molecule has 1 aromatic carbocycles. The van der Waals surface area contributed by atoms with E-state index in [0.717, 1.165) is 11.3 Å². The van der Waals surface area contributed by atoms with Crippen molar-refractivity contribution in [2.75, 3.05) is 7.11 Å². The molecule has 0 spiro atoms. The number of hydrogen-bond donors (Lipinski definition) is 1. The molecule has 0 bridgehead atoms. The van der Waals surface area contributed by atoms with Crippen molar-refractivity contribution < 1.29 is 22.5 Å². The van der Waals surface area contributed by atoms with E-state index in [-0.39, 0.29) is 9.99 Å². The summed E-state index contributed by atoms with van der Waals surface area (Å²) in [4.78, 5) is 10.5. The summed E-state index contributed by atoms with van der Waals surface area (Å²) in [6, 6.07) is 9.71. The smallest absolute Gasteiger partial charge is 0.347 e. The highest BCUT2D eigenvalue weighted by Gasteiger charge is 2.12. The molecule has 7 heteroatoms. The van der Waals surface area contributed by atoms with E-state index in [1.807, 2.05) is 0 Å². The molecular weight excluding hydrogens is 312 g/mol. The van der Waals surface area contributed by atoms with Gasteiger partial charge in [-0.25, -0.2) is 0 Å². The summed E-state index contributed by atoms with van der Waals surface area (Å²) < 4.78 is 35.7. The largest absolute Gasteiger partial charge is 0.497 e. The van der Waals surface area contributed by atoms with Crippen LogP contribution in [0.3, 0.4) is 0 Å². The number of thiophene rings is 1. The molecule has 0 saturated heterocycles. The van der Waals surface area contributed by atoms with Crippen LogP contribution in [0.4, 0.5) is 0 Å². The first-order valence-electron chi connectivity index (χ1n) is 5.86. The molecule has 0 radical (unpaired) electrons. The van der Waals surface area contributed by atoms with Gasteiger partial charge in [0.1, 0.15) is 9.96 Å². The second-order valence-corrected chi connectivity index (χ2v) is 6.84. The Bertz CT molecular complexity index is 770. The van der Waals surface area contributed by atoms with E-state index in [4.69, 9.17) is 9.29 Å². The van der Waals surface area contributed by atoms with Gasteiger partial charge in [0.25, 0.3) is 0 Å². The van der Waals surface area contributed by atoms with E-state index in [0.29, 0.717) is 16.2 Å². The number of hydrogen-bond acceptors (Lipinski definition) is 4. The minimum Gasteiger partial charge on any atom is -0.497 e. The zero-order valence-electron chi connectivity index (χ0n) is 11.1. The van der Waals surface area contributed by atoms with Crippen LogP contribution in [-0.2, 0) is 10.1 Å². The highest BCUT2D eigenvalue weighted by atomic mass is 32.3. The van der Waals surface area contributed by atoms with Crippen LogP contribution in [0.1, 0.15) is 10.4 Å². The van der Waals surface area contributed by atoms with Crippen molar-refractivity contribution >= 4 is 33.3 Å². The van der Waals surface area contributed by atoms with Crippen molar-refractivity contribution in [3.05, 3.63) is 52.9 Å². The average Bonchev–Trinajstić information content (AvgIpc) is 2.94. The number of rotatable bonds is 5. The number of ether oxygens (including phenoxy) is 1. The predicted molar refractivity (Wildman–Crippen MR) is 82.2 cm³/mol. The number of allylic oxidation sites excluding steroid dienone is 1. The van der Waals surface area contributed by atoms with E-state index in [1.165, 1.54) is 12.1 Å². The highest BCUT2D eigenvalue weighted by molar-refractivity contribution is 7.88. The maximum absolute atomic E-state index is 10.9. The quantitative estimate of drug-likeness (QED) is 0.396. The Balaban J connectivity index is 2.13. The van der Waals surface area contributed by atoms with Crippen LogP contribution in [0.2, 0.25) is 0 Å². The molecule has 1 heterocycles. The summed E-state index contributed by atoms with van der Waals surface area (Å²) in [6.07, 6.45) is 3.03. The second kappa shape index (κ2) is 6.21. The molecule has 2 rings (SSSR count). The van der Waals surface area contributed by atoms with Crippen LogP contribution in [0.25, 0.3) is 6.08 Å².